The number of benzene rings is 2. The Bertz CT molecular complexity index is 926. The summed E-state index contributed by atoms with van der Waals surface area (Å²) in [5.41, 5.74) is 2.80. The van der Waals surface area contributed by atoms with Crippen LogP contribution in [0.4, 0.5) is 11.4 Å². The molecule has 1 N–H and O–H groups in total. The van der Waals surface area contributed by atoms with Crippen LogP contribution in [0.2, 0.25) is 0 Å². The van der Waals surface area contributed by atoms with Crippen LogP contribution in [0.1, 0.15) is 18.9 Å². The van der Waals surface area contributed by atoms with Gasteiger partial charge in [-0.2, -0.15) is 0 Å². The summed E-state index contributed by atoms with van der Waals surface area (Å²) in [5, 5.41) is 2.89. The SMILES string of the molecule is CCN(CC(=O)Nc1ccc(N2CCOCC2)cc1)C(=O)CCc1ccc(OC)c(OC)c1. The lowest BCUT2D eigenvalue weighted by Gasteiger charge is -2.29. The van der Waals surface area contributed by atoms with Crippen LogP contribution >= 0.6 is 0 Å². The predicted octanol–water partition coefficient (Wildman–Crippen LogP) is 2.96. The van der Waals surface area contributed by atoms with Crippen molar-refractivity contribution in [3.63, 3.8) is 0 Å². The van der Waals surface area contributed by atoms with Gasteiger partial charge in [-0.15, -0.1) is 0 Å². The van der Waals surface area contributed by atoms with Crippen molar-refractivity contribution in [1.82, 2.24) is 4.90 Å². The number of hydrogen-bond acceptors (Lipinski definition) is 6. The summed E-state index contributed by atoms with van der Waals surface area (Å²) in [5.74, 6) is 1.01. The number of hydrogen-bond donors (Lipinski definition) is 1. The summed E-state index contributed by atoms with van der Waals surface area (Å²) in [7, 11) is 3.17. The first-order chi connectivity index (χ1) is 16.0. The van der Waals surface area contributed by atoms with Gasteiger partial charge in [0.05, 0.1) is 34.0 Å². The van der Waals surface area contributed by atoms with Gasteiger partial charge in [0.15, 0.2) is 11.5 Å². The Balaban J connectivity index is 1.50. The maximum Gasteiger partial charge on any atom is 0.243 e. The number of nitrogens with zero attached hydrogens (tertiary/aromatic N) is 2. The molecule has 1 aliphatic rings. The van der Waals surface area contributed by atoms with Gasteiger partial charge in [0.2, 0.25) is 11.8 Å². The van der Waals surface area contributed by atoms with Crippen LogP contribution in [0.15, 0.2) is 42.5 Å². The average molecular weight is 456 g/mol. The lowest BCUT2D eigenvalue weighted by molar-refractivity contribution is -0.134. The van der Waals surface area contributed by atoms with Gasteiger partial charge >= 0.3 is 0 Å². The van der Waals surface area contributed by atoms with Crippen molar-refractivity contribution >= 4 is 23.2 Å². The molecule has 2 amide bonds. The van der Waals surface area contributed by atoms with Crippen LogP contribution in [-0.4, -0.2) is 70.3 Å². The molecule has 8 nitrogen and oxygen atoms in total. The van der Waals surface area contributed by atoms with Crippen molar-refractivity contribution in [3.05, 3.63) is 48.0 Å². The van der Waals surface area contributed by atoms with Crippen LogP contribution in [0.5, 0.6) is 11.5 Å². The summed E-state index contributed by atoms with van der Waals surface area (Å²) in [6.45, 7) is 5.54. The molecular weight excluding hydrogens is 422 g/mol. The fourth-order valence-electron chi connectivity index (χ4n) is 3.77. The highest BCUT2D eigenvalue weighted by Crippen LogP contribution is 2.28. The Labute approximate surface area is 195 Å². The molecule has 0 aliphatic carbocycles. The van der Waals surface area contributed by atoms with Gasteiger partial charge in [0, 0.05) is 37.4 Å². The van der Waals surface area contributed by atoms with Crippen LogP contribution < -0.4 is 19.7 Å². The molecule has 0 spiro atoms. The number of nitrogens with one attached hydrogen (secondary N) is 1. The molecule has 1 fully saturated rings. The fourth-order valence-corrected chi connectivity index (χ4v) is 3.77. The maximum absolute atomic E-state index is 12.7. The Kier molecular flexibility index (Phi) is 8.95. The number of likely N-dealkylation sites (N-methyl/N-ethyl adjacent to an activating group) is 1. The fraction of sp³-hybridized carbons (Fsp3) is 0.440. The largest absolute Gasteiger partial charge is 0.493 e. The minimum atomic E-state index is -0.213. The molecule has 0 bridgehead atoms. The molecule has 1 heterocycles. The monoisotopic (exact) mass is 455 g/mol. The second kappa shape index (κ2) is 12.1. The van der Waals surface area contributed by atoms with Crippen molar-refractivity contribution in [3.8, 4) is 11.5 Å². The van der Waals surface area contributed by atoms with Crippen molar-refractivity contribution in [1.29, 1.82) is 0 Å². The van der Waals surface area contributed by atoms with E-state index in [1.165, 1.54) is 0 Å². The molecule has 2 aromatic rings. The minimum Gasteiger partial charge on any atom is -0.493 e. The maximum atomic E-state index is 12.7. The third-order valence-electron chi connectivity index (χ3n) is 5.67. The van der Waals surface area contributed by atoms with Crippen LogP contribution in [-0.2, 0) is 20.7 Å². The average Bonchev–Trinajstić information content (AvgIpc) is 2.86. The van der Waals surface area contributed by atoms with E-state index in [-0.39, 0.29) is 18.4 Å². The number of aryl methyl sites for hydroxylation is 1. The normalized spacial score (nSPS) is 13.4. The molecule has 1 aliphatic heterocycles. The van der Waals surface area contributed by atoms with E-state index < -0.39 is 0 Å². The highest BCUT2D eigenvalue weighted by molar-refractivity contribution is 5.94. The van der Waals surface area contributed by atoms with E-state index in [9.17, 15) is 9.59 Å². The highest BCUT2D eigenvalue weighted by atomic mass is 16.5. The van der Waals surface area contributed by atoms with Crippen LogP contribution in [0.25, 0.3) is 0 Å². The molecule has 33 heavy (non-hydrogen) atoms. The molecule has 0 radical (unpaired) electrons. The molecule has 0 aromatic heterocycles. The van der Waals surface area contributed by atoms with E-state index in [2.05, 4.69) is 10.2 Å². The zero-order valence-corrected chi connectivity index (χ0v) is 19.6. The standard InChI is InChI=1S/C25H33N3O5/c1-4-27(25(30)12-6-19-5-11-22(31-2)23(17-19)32-3)18-24(29)26-20-7-9-21(10-8-20)28-13-15-33-16-14-28/h5,7-11,17H,4,6,12-16,18H2,1-3H3,(H,26,29). The quantitative estimate of drug-likeness (QED) is 0.593. The summed E-state index contributed by atoms with van der Waals surface area (Å²) < 4.78 is 16.0. The van der Waals surface area contributed by atoms with Gasteiger partial charge in [-0.3, -0.25) is 9.59 Å². The summed E-state index contributed by atoms with van der Waals surface area (Å²) in [6, 6.07) is 13.4. The number of morpholine rings is 1. The number of methoxy groups -OCH3 is 2. The summed E-state index contributed by atoms with van der Waals surface area (Å²) in [4.78, 5) is 29.1. The number of rotatable bonds is 10. The van der Waals surface area contributed by atoms with E-state index in [4.69, 9.17) is 14.2 Å². The number of amides is 2. The molecule has 8 heteroatoms. The molecule has 2 aromatic carbocycles. The van der Waals surface area contributed by atoms with Crippen LogP contribution in [0.3, 0.4) is 0 Å². The van der Waals surface area contributed by atoms with E-state index in [0.29, 0.717) is 36.6 Å². The Morgan fingerprint density at radius 3 is 2.36 bits per heavy atom. The zero-order chi connectivity index (χ0) is 23.6. The number of ether oxygens (including phenoxy) is 3. The topological polar surface area (TPSA) is 80.3 Å². The van der Waals surface area contributed by atoms with Crippen molar-refractivity contribution < 1.29 is 23.8 Å². The molecule has 3 rings (SSSR count). The van der Waals surface area contributed by atoms with E-state index >= 15 is 0 Å². The number of anilines is 2. The van der Waals surface area contributed by atoms with E-state index in [1.54, 1.807) is 19.1 Å². The second-order valence-corrected chi connectivity index (χ2v) is 7.79. The third-order valence-corrected chi connectivity index (χ3v) is 5.67. The number of carbonyl (C=O) groups excluding carboxylic acids is 2. The van der Waals surface area contributed by atoms with Gasteiger partial charge in [-0.05, 0) is 55.3 Å². The first-order valence-corrected chi connectivity index (χ1v) is 11.2. The second-order valence-electron chi connectivity index (χ2n) is 7.79. The van der Waals surface area contributed by atoms with E-state index in [1.807, 2.05) is 49.4 Å². The van der Waals surface area contributed by atoms with Crippen molar-refractivity contribution in [2.24, 2.45) is 0 Å². The van der Waals surface area contributed by atoms with Gasteiger partial charge in [-0.1, -0.05) is 6.07 Å². The lowest BCUT2D eigenvalue weighted by atomic mass is 10.1. The summed E-state index contributed by atoms with van der Waals surface area (Å²) >= 11 is 0. The van der Waals surface area contributed by atoms with Crippen molar-refractivity contribution in [2.45, 2.75) is 19.8 Å². The van der Waals surface area contributed by atoms with Crippen molar-refractivity contribution in [2.75, 3.05) is 63.8 Å². The smallest absolute Gasteiger partial charge is 0.243 e. The third kappa shape index (κ3) is 6.86. The van der Waals surface area contributed by atoms with Gasteiger partial charge in [-0.25, -0.2) is 0 Å². The molecular formula is C25H33N3O5. The molecule has 178 valence electrons. The van der Waals surface area contributed by atoms with Crippen LogP contribution in [0, 0.1) is 0 Å². The minimum absolute atomic E-state index is 0.0203. The summed E-state index contributed by atoms with van der Waals surface area (Å²) in [6.07, 6.45) is 0.866. The Hall–Kier alpha value is -3.26. The first-order valence-electron chi connectivity index (χ1n) is 11.2. The number of carbonyl (C=O) groups is 2. The highest BCUT2D eigenvalue weighted by Gasteiger charge is 2.17. The Morgan fingerprint density at radius 2 is 1.73 bits per heavy atom. The van der Waals surface area contributed by atoms with Gasteiger partial charge in [0.1, 0.15) is 0 Å². The predicted molar refractivity (Wildman–Crippen MR) is 128 cm³/mol. The molecule has 0 saturated carbocycles. The first kappa shape index (κ1) is 24.4. The Morgan fingerprint density at radius 1 is 1.03 bits per heavy atom. The van der Waals surface area contributed by atoms with Gasteiger partial charge in [0.25, 0.3) is 0 Å². The van der Waals surface area contributed by atoms with E-state index in [0.717, 1.165) is 37.6 Å². The molecule has 1 saturated heterocycles. The molecule has 0 unspecified atom stereocenters. The zero-order valence-electron chi connectivity index (χ0n) is 19.6. The lowest BCUT2D eigenvalue weighted by Crippen LogP contribution is -2.38. The molecule has 0 atom stereocenters. The van der Waals surface area contributed by atoms with Gasteiger partial charge < -0.3 is 29.3 Å².